The van der Waals surface area contributed by atoms with E-state index in [4.69, 9.17) is 4.42 Å². The van der Waals surface area contributed by atoms with Crippen molar-refractivity contribution in [3.8, 4) is 0 Å². The number of rotatable bonds is 3. The zero-order chi connectivity index (χ0) is 12.4. The van der Waals surface area contributed by atoms with E-state index < -0.39 is 0 Å². The molecule has 0 radical (unpaired) electrons. The van der Waals surface area contributed by atoms with Crippen LogP contribution in [0.4, 0.5) is 0 Å². The second kappa shape index (κ2) is 4.58. The second-order valence-corrected chi connectivity index (χ2v) is 4.33. The molecule has 0 aliphatic rings. The maximum absolute atomic E-state index is 11.7. The van der Waals surface area contributed by atoms with Crippen LogP contribution in [-0.4, -0.2) is 15.3 Å². The zero-order valence-corrected chi connectivity index (χ0v) is 10.1. The van der Waals surface area contributed by atoms with Crippen molar-refractivity contribution in [2.75, 3.05) is 0 Å². The lowest BCUT2D eigenvalue weighted by atomic mass is 10.3. The number of nitrogens with zero attached hydrogens (tertiary/aromatic N) is 2. The molecule has 0 atom stereocenters. The molecule has 0 fully saturated rings. The van der Waals surface area contributed by atoms with Crippen molar-refractivity contribution in [3.05, 3.63) is 47.3 Å². The second-order valence-electron chi connectivity index (χ2n) is 3.67. The van der Waals surface area contributed by atoms with E-state index in [2.05, 4.69) is 14.7 Å². The van der Waals surface area contributed by atoms with Crippen LogP contribution < -0.4 is 5.32 Å². The van der Waals surface area contributed by atoms with E-state index in [0.717, 1.165) is 11.1 Å². The predicted octanol–water partition coefficient (Wildman–Crippen LogP) is 2.21. The van der Waals surface area contributed by atoms with E-state index in [0.29, 0.717) is 11.5 Å². The monoisotopic (exact) mass is 259 g/mol. The standard InChI is InChI=1S/C12H9N3O2S/c16-12(8-5-14-18-7-8)13-6-11-15-9-3-1-2-4-10(9)17-11/h1-5,7H,6H2,(H,13,16). The SMILES string of the molecule is O=C(NCc1nc2ccccc2o1)c1cnsc1. The lowest BCUT2D eigenvalue weighted by Gasteiger charge is -1.98. The molecule has 2 heterocycles. The molecule has 1 aromatic carbocycles. The molecule has 0 saturated carbocycles. The van der Waals surface area contributed by atoms with Crippen LogP contribution in [0.15, 0.2) is 40.3 Å². The third kappa shape index (κ3) is 2.10. The van der Waals surface area contributed by atoms with Gasteiger partial charge in [0, 0.05) is 5.38 Å². The number of benzene rings is 1. The molecule has 3 rings (SSSR count). The molecule has 2 aromatic heterocycles. The smallest absolute Gasteiger partial charge is 0.254 e. The molecule has 0 aliphatic carbocycles. The number of fused-ring (bicyclic) bond motifs is 1. The van der Waals surface area contributed by atoms with Gasteiger partial charge in [-0.15, -0.1) is 0 Å². The Balaban J connectivity index is 1.71. The van der Waals surface area contributed by atoms with Gasteiger partial charge >= 0.3 is 0 Å². The van der Waals surface area contributed by atoms with Crippen LogP contribution in [0.25, 0.3) is 11.1 Å². The maximum Gasteiger partial charge on any atom is 0.254 e. The number of amides is 1. The van der Waals surface area contributed by atoms with Gasteiger partial charge in [-0.25, -0.2) is 9.36 Å². The summed E-state index contributed by atoms with van der Waals surface area (Å²) in [6.07, 6.45) is 1.53. The summed E-state index contributed by atoms with van der Waals surface area (Å²) in [4.78, 5) is 16.0. The van der Waals surface area contributed by atoms with Crippen molar-refractivity contribution < 1.29 is 9.21 Å². The van der Waals surface area contributed by atoms with Crippen molar-refractivity contribution in [2.45, 2.75) is 6.54 Å². The fourth-order valence-corrected chi connectivity index (χ4v) is 2.09. The Labute approximate surface area is 107 Å². The van der Waals surface area contributed by atoms with Gasteiger partial charge in [-0.3, -0.25) is 4.79 Å². The summed E-state index contributed by atoms with van der Waals surface area (Å²) in [5.74, 6) is 0.318. The molecule has 0 spiro atoms. The highest BCUT2D eigenvalue weighted by Gasteiger charge is 2.09. The van der Waals surface area contributed by atoms with Gasteiger partial charge in [0.15, 0.2) is 5.58 Å². The number of carbonyl (C=O) groups is 1. The first-order chi connectivity index (χ1) is 8.83. The van der Waals surface area contributed by atoms with Gasteiger partial charge < -0.3 is 9.73 Å². The first-order valence-electron chi connectivity index (χ1n) is 5.35. The van der Waals surface area contributed by atoms with Crippen LogP contribution in [-0.2, 0) is 6.54 Å². The quantitative estimate of drug-likeness (QED) is 0.783. The van der Waals surface area contributed by atoms with Crippen molar-refractivity contribution in [1.82, 2.24) is 14.7 Å². The Kier molecular flexibility index (Phi) is 2.77. The molecule has 0 saturated heterocycles. The fourth-order valence-electron chi connectivity index (χ4n) is 1.57. The van der Waals surface area contributed by atoms with E-state index in [1.165, 1.54) is 17.7 Å². The average molecular weight is 259 g/mol. The van der Waals surface area contributed by atoms with E-state index >= 15 is 0 Å². The van der Waals surface area contributed by atoms with Gasteiger partial charge in [-0.1, -0.05) is 12.1 Å². The summed E-state index contributed by atoms with van der Waals surface area (Å²) in [7, 11) is 0. The Hall–Kier alpha value is -2.21. The van der Waals surface area contributed by atoms with Crippen molar-refractivity contribution in [3.63, 3.8) is 0 Å². The lowest BCUT2D eigenvalue weighted by molar-refractivity contribution is 0.0948. The minimum Gasteiger partial charge on any atom is -0.439 e. The highest BCUT2D eigenvalue weighted by molar-refractivity contribution is 7.03. The summed E-state index contributed by atoms with van der Waals surface area (Å²) in [6, 6.07) is 7.49. The number of oxazole rings is 1. The van der Waals surface area contributed by atoms with E-state index in [9.17, 15) is 4.79 Å². The maximum atomic E-state index is 11.7. The van der Waals surface area contributed by atoms with Crippen LogP contribution in [0, 0.1) is 0 Å². The molecule has 5 nitrogen and oxygen atoms in total. The number of para-hydroxylation sites is 2. The topological polar surface area (TPSA) is 68.0 Å². The van der Waals surface area contributed by atoms with Gasteiger partial charge in [0.25, 0.3) is 5.91 Å². The van der Waals surface area contributed by atoms with Crippen molar-refractivity contribution >= 4 is 28.5 Å². The molecule has 0 aliphatic heterocycles. The average Bonchev–Trinajstić information content (AvgIpc) is 3.04. The van der Waals surface area contributed by atoms with Crippen LogP contribution in [0.1, 0.15) is 16.2 Å². The van der Waals surface area contributed by atoms with Crippen molar-refractivity contribution in [2.24, 2.45) is 0 Å². The molecule has 90 valence electrons. The molecule has 0 unspecified atom stereocenters. The van der Waals surface area contributed by atoms with Crippen molar-refractivity contribution in [1.29, 1.82) is 0 Å². The normalized spacial score (nSPS) is 10.7. The third-order valence-electron chi connectivity index (χ3n) is 2.43. The molecule has 1 N–H and O–H groups in total. The summed E-state index contributed by atoms with van der Waals surface area (Å²) >= 11 is 1.24. The van der Waals surface area contributed by atoms with E-state index in [1.807, 2.05) is 24.3 Å². The molecule has 3 aromatic rings. The molecule has 6 heteroatoms. The minimum atomic E-state index is -0.175. The summed E-state index contributed by atoms with van der Waals surface area (Å²) in [5.41, 5.74) is 2.06. The van der Waals surface area contributed by atoms with Crippen LogP contribution in [0.3, 0.4) is 0 Å². The lowest BCUT2D eigenvalue weighted by Crippen LogP contribution is -2.22. The zero-order valence-electron chi connectivity index (χ0n) is 9.29. The van der Waals surface area contributed by atoms with E-state index in [-0.39, 0.29) is 12.5 Å². The number of aromatic nitrogens is 2. The number of hydrogen-bond acceptors (Lipinski definition) is 5. The first-order valence-corrected chi connectivity index (χ1v) is 6.18. The highest BCUT2D eigenvalue weighted by Crippen LogP contribution is 2.14. The Bertz CT molecular complexity index is 643. The van der Waals surface area contributed by atoms with Gasteiger partial charge in [0.05, 0.1) is 18.3 Å². The summed E-state index contributed by atoms with van der Waals surface area (Å²) in [6.45, 7) is 0.267. The summed E-state index contributed by atoms with van der Waals surface area (Å²) < 4.78 is 9.37. The molecule has 0 bridgehead atoms. The van der Waals surface area contributed by atoms with Gasteiger partial charge in [0.2, 0.25) is 5.89 Å². The first kappa shape index (κ1) is 10.9. The van der Waals surface area contributed by atoms with Crippen LogP contribution >= 0.6 is 11.5 Å². The van der Waals surface area contributed by atoms with Gasteiger partial charge in [0.1, 0.15) is 5.52 Å². The minimum absolute atomic E-state index is 0.175. The molecular weight excluding hydrogens is 250 g/mol. The van der Waals surface area contributed by atoms with Crippen LogP contribution in [0.5, 0.6) is 0 Å². The van der Waals surface area contributed by atoms with Gasteiger partial charge in [-0.2, -0.15) is 0 Å². The largest absolute Gasteiger partial charge is 0.439 e. The molecule has 18 heavy (non-hydrogen) atoms. The van der Waals surface area contributed by atoms with Gasteiger partial charge in [-0.05, 0) is 23.7 Å². The summed E-state index contributed by atoms with van der Waals surface area (Å²) in [5, 5.41) is 4.43. The highest BCUT2D eigenvalue weighted by atomic mass is 32.1. The molecule has 1 amide bonds. The number of nitrogens with one attached hydrogen (secondary N) is 1. The Morgan fingerprint density at radius 3 is 3.06 bits per heavy atom. The van der Waals surface area contributed by atoms with E-state index in [1.54, 1.807) is 5.38 Å². The Morgan fingerprint density at radius 1 is 1.39 bits per heavy atom. The number of hydrogen-bond donors (Lipinski definition) is 1. The predicted molar refractivity (Wildman–Crippen MR) is 67.3 cm³/mol. The fraction of sp³-hybridized carbons (Fsp3) is 0.0833. The molecular formula is C12H9N3O2S. The van der Waals surface area contributed by atoms with Crippen LogP contribution in [0.2, 0.25) is 0 Å². The number of carbonyl (C=O) groups excluding carboxylic acids is 1. The Morgan fingerprint density at radius 2 is 2.28 bits per heavy atom. The third-order valence-corrected chi connectivity index (χ3v) is 3.02.